The van der Waals surface area contributed by atoms with E-state index in [0.29, 0.717) is 17.3 Å². The molecular weight excluding hydrogens is 290 g/mol. The van der Waals surface area contributed by atoms with Crippen LogP contribution < -0.4 is 4.74 Å². The average molecular weight is 312 g/mol. The summed E-state index contributed by atoms with van der Waals surface area (Å²) in [5.41, 5.74) is 0.529. The maximum atomic E-state index is 12.5. The van der Waals surface area contributed by atoms with Gasteiger partial charge in [0.15, 0.2) is 0 Å². The Balaban J connectivity index is 2.12. The lowest BCUT2D eigenvalue weighted by Gasteiger charge is -2.39. The number of carbonyl (C=O) groups excluding carboxylic acids is 1. The van der Waals surface area contributed by atoms with Gasteiger partial charge in [0, 0.05) is 29.1 Å². The van der Waals surface area contributed by atoms with Gasteiger partial charge in [-0.15, -0.1) is 0 Å². The zero-order valence-electron chi connectivity index (χ0n) is 12.6. The summed E-state index contributed by atoms with van der Waals surface area (Å²) in [5, 5.41) is 10.0. The van der Waals surface area contributed by atoms with Crippen molar-refractivity contribution in [3.63, 3.8) is 0 Å². The normalized spacial score (nSPS) is 22.2. The fourth-order valence-corrected chi connectivity index (χ4v) is 3.05. The van der Waals surface area contributed by atoms with E-state index in [1.165, 1.54) is 0 Å². The third-order valence-corrected chi connectivity index (χ3v) is 4.49. The Morgan fingerprint density at radius 2 is 2.29 bits per heavy atom. The highest BCUT2D eigenvalue weighted by Gasteiger charge is 2.32. The zero-order chi connectivity index (χ0) is 15.5. The first-order valence-electron chi connectivity index (χ1n) is 7.19. The number of likely N-dealkylation sites (tertiary alicyclic amines) is 1. The molecule has 1 aromatic rings. The van der Waals surface area contributed by atoms with Gasteiger partial charge in [0.1, 0.15) is 5.75 Å². The van der Waals surface area contributed by atoms with E-state index in [4.69, 9.17) is 16.3 Å². The van der Waals surface area contributed by atoms with Gasteiger partial charge in [-0.25, -0.2) is 0 Å². The number of aliphatic hydroxyl groups is 1. The van der Waals surface area contributed by atoms with Gasteiger partial charge in [-0.05, 0) is 25.0 Å². The number of methoxy groups -OCH3 is 1. The van der Waals surface area contributed by atoms with E-state index in [9.17, 15) is 9.90 Å². The van der Waals surface area contributed by atoms with Crippen molar-refractivity contribution in [3.8, 4) is 5.75 Å². The minimum atomic E-state index is -0.196. The molecule has 1 atom stereocenters. The number of carbonyl (C=O) groups is 1. The zero-order valence-corrected chi connectivity index (χ0v) is 13.3. The summed E-state index contributed by atoms with van der Waals surface area (Å²) >= 11 is 6.18. The molecule has 0 spiro atoms. The molecule has 1 N–H and O–H groups in total. The molecule has 0 aliphatic carbocycles. The van der Waals surface area contributed by atoms with Crippen LogP contribution in [-0.2, 0) is 11.2 Å². The summed E-state index contributed by atoms with van der Waals surface area (Å²) in [4.78, 5) is 14.3. The van der Waals surface area contributed by atoms with Crippen molar-refractivity contribution < 1.29 is 14.6 Å². The number of halogens is 1. The first-order chi connectivity index (χ1) is 9.99. The van der Waals surface area contributed by atoms with Crippen LogP contribution in [-0.4, -0.2) is 42.7 Å². The van der Waals surface area contributed by atoms with Crippen LogP contribution in [0.4, 0.5) is 0 Å². The van der Waals surface area contributed by atoms with Crippen LogP contribution in [0.5, 0.6) is 5.75 Å². The van der Waals surface area contributed by atoms with Crippen molar-refractivity contribution in [3.05, 3.63) is 28.8 Å². The highest BCUT2D eigenvalue weighted by molar-refractivity contribution is 6.31. The number of rotatable bonds is 4. The lowest BCUT2D eigenvalue weighted by Crippen LogP contribution is -2.46. The number of benzene rings is 1. The molecule has 21 heavy (non-hydrogen) atoms. The van der Waals surface area contributed by atoms with Crippen molar-refractivity contribution in [1.82, 2.24) is 4.90 Å². The van der Waals surface area contributed by atoms with E-state index < -0.39 is 0 Å². The molecule has 0 saturated carbocycles. The second-order valence-corrected chi connectivity index (χ2v) is 6.39. The van der Waals surface area contributed by atoms with Gasteiger partial charge >= 0.3 is 0 Å². The molecule has 0 radical (unpaired) electrons. The number of hydrogen-bond acceptors (Lipinski definition) is 3. The van der Waals surface area contributed by atoms with Crippen molar-refractivity contribution in [2.24, 2.45) is 5.41 Å². The molecule has 1 aliphatic heterocycles. The van der Waals surface area contributed by atoms with Crippen molar-refractivity contribution >= 4 is 17.5 Å². The molecule has 1 amide bonds. The van der Waals surface area contributed by atoms with Crippen LogP contribution in [0.25, 0.3) is 0 Å². The van der Waals surface area contributed by atoms with Crippen molar-refractivity contribution in [2.45, 2.75) is 26.2 Å². The van der Waals surface area contributed by atoms with Gasteiger partial charge in [0.05, 0.1) is 20.1 Å². The fraction of sp³-hybridized carbons (Fsp3) is 0.562. The molecule has 1 unspecified atom stereocenters. The molecule has 1 saturated heterocycles. The number of aliphatic hydroxyl groups excluding tert-OH is 1. The second kappa shape index (κ2) is 6.67. The molecule has 2 rings (SSSR count). The van der Waals surface area contributed by atoms with Crippen LogP contribution in [0, 0.1) is 5.41 Å². The molecule has 1 heterocycles. The van der Waals surface area contributed by atoms with Gasteiger partial charge in [0.25, 0.3) is 0 Å². The molecular formula is C16H22ClNO3. The predicted molar refractivity (Wildman–Crippen MR) is 82.7 cm³/mol. The quantitative estimate of drug-likeness (QED) is 0.929. The molecule has 4 nitrogen and oxygen atoms in total. The first-order valence-corrected chi connectivity index (χ1v) is 7.57. The summed E-state index contributed by atoms with van der Waals surface area (Å²) in [7, 11) is 1.57. The lowest BCUT2D eigenvalue weighted by atomic mass is 9.82. The molecule has 0 bridgehead atoms. The topological polar surface area (TPSA) is 49.8 Å². The van der Waals surface area contributed by atoms with Gasteiger partial charge in [-0.3, -0.25) is 4.79 Å². The molecule has 1 aromatic carbocycles. The third kappa shape index (κ3) is 3.69. The van der Waals surface area contributed by atoms with E-state index in [2.05, 4.69) is 0 Å². The number of hydrogen-bond donors (Lipinski definition) is 1. The standard InChI is InChI=1S/C16H22ClNO3/c1-16(11-19)7-4-8-18(10-16)15(20)9-12-13(17)5-3-6-14(12)21-2/h3,5-6,19H,4,7-11H2,1-2H3. The Hall–Kier alpha value is -1.26. The summed E-state index contributed by atoms with van der Waals surface area (Å²) in [5.74, 6) is 0.665. The Kier molecular flexibility index (Phi) is 5.12. The minimum Gasteiger partial charge on any atom is -0.496 e. The van der Waals surface area contributed by atoms with Crippen molar-refractivity contribution in [2.75, 3.05) is 26.8 Å². The van der Waals surface area contributed by atoms with E-state index in [1.807, 2.05) is 17.9 Å². The van der Waals surface area contributed by atoms with Gasteiger partial charge in [-0.1, -0.05) is 24.6 Å². The Labute approximate surface area is 130 Å². The number of amides is 1. The van der Waals surface area contributed by atoms with Gasteiger partial charge in [-0.2, -0.15) is 0 Å². The van der Waals surface area contributed by atoms with Crippen LogP contribution in [0.1, 0.15) is 25.3 Å². The van der Waals surface area contributed by atoms with Crippen LogP contribution in [0.3, 0.4) is 0 Å². The predicted octanol–water partition coefficient (Wildman–Crippen LogP) is 2.51. The smallest absolute Gasteiger partial charge is 0.227 e. The highest BCUT2D eigenvalue weighted by atomic mass is 35.5. The summed E-state index contributed by atoms with van der Waals surface area (Å²) in [6.07, 6.45) is 2.09. The fourth-order valence-electron chi connectivity index (χ4n) is 2.82. The third-order valence-electron chi connectivity index (χ3n) is 4.14. The number of ether oxygens (including phenoxy) is 1. The van der Waals surface area contributed by atoms with Crippen molar-refractivity contribution in [1.29, 1.82) is 0 Å². The van der Waals surface area contributed by atoms with E-state index >= 15 is 0 Å². The highest BCUT2D eigenvalue weighted by Crippen LogP contribution is 2.31. The van der Waals surface area contributed by atoms with E-state index in [1.54, 1.807) is 19.2 Å². The number of piperidine rings is 1. The Morgan fingerprint density at radius 1 is 1.52 bits per heavy atom. The lowest BCUT2D eigenvalue weighted by molar-refractivity contribution is -0.134. The second-order valence-electron chi connectivity index (χ2n) is 5.99. The van der Waals surface area contributed by atoms with Gasteiger partial charge < -0.3 is 14.7 Å². The first kappa shape index (κ1) is 16.1. The summed E-state index contributed by atoms with van der Waals surface area (Å²) in [6, 6.07) is 5.38. The maximum Gasteiger partial charge on any atom is 0.227 e. The van der Waals surface area contributed by atoms with Crippen LogP contribution >= 0.6 is 11.6 Å². The molecule has 1 fully saturated rings. The summed E-state index contributed by atoms with van der Waals surface area (Å²) < 4.78 is 5.28. The molecule has 116 valence electrons. The Bertz CT molecular complexity index is 520. The molecule has 5 heteroatoms. The maximum absolute atomic E-state index is 12.5. The van der Waals surface area contributed by atoms with E-state index in [0.717, 1.165) is 24.9 Å². The average Bonchev–Trinajstić information content (AvgIpc) is 2.49. The molecule has 1 aliphatic rings. The summed E-state index contributed by atoms with van der Waals surface area (Å²) in [6.45, 7) is 3.45. The van der Waals surface area contributed by atoms with Crippen LogP contribution in [0.2, 0.25) is 5.02 Å². The SMILES string of the molecule is COc1cccc(Cl)c1CC(=O)N1CCCC(C)(CO)C1. The van der Waals surface area contributed by atoms with Crippen LogP contribution in [0.15, 0.2) is 18.2 Å². The Morgan fingerprint density at radius 3 is 2.95 bits per heavy atom. The van der Waals surface area contributed by atoms with Gasteiger partial charge in [0.2, 0.25) is 5.91 Å². The molecule has 0 aromatic heterocycles. The van der Waals surface area contributed by atoms with E-state index in [-0.39, 0.29) is 24.3 Å². The minimum absolute atomic E-state index is 0.0285. The monoisotopic (exact) mass is 311 g/mol. The number of nitrogens with zero attached hydrogens (tertiary/aromatic N) is 1. The largest absolute Gasteiger partial charge is 0.496 e.